The molecule has 6 heteroatoms. The zero-order chi connectivity index (χ0) is 13.9. The fraction of sp³-hybridized carbons (Fsp3) is 0.500. The minimum Gasteiger partial charge on any atom is -0.398 e. The van der Waals surface area contributed by atoms with Gasteiger partial charge in [-0.05, 0) is 24.1 Å². The van der Waals surface area contributed by atoms with Gasteiger partial charge in [-0.1, -0.05) is 31.9 Å². The Hall–Kier alpha value is -0.780. The number of anilines is 1. The first-order valence-electron chi connectivity index (χ1n) is 5.80. The Morgan fingerprint density at radius 3 is 2.61 bits per heavy atom. The first-order chi connectivity index (χ1) is 8.28. The summed E-state index contributed by atoms with van der Waals surface area (Å²) in [6, 6.07) is 4.47. The Morgan fingerprint density at radius 1 is 1.44 bits per heavy atom. The predicted molar refractivity (Wildman–Crippen MR) is 75.1 cm³/mol. The fourth-order valence-corrected chi connectivity index (χ4v) is 3.23. The van der Waals surface area contributed by atoms with Crippen LogP contribution in [0.25, 0.3) is 0 Å². The Bertz CT molecular complexity index is 517. The number of sulfonamides is 1. The van der Waals surface area contributed by atoms with E-state index in [0.717, 1.165) is 6.42 Å². The van der Waals surface area contributed by atoms with Crippen molar-refractivity contribution in [1.29, 1.82) is 0 Å². The van der Waals surface area contributed by atoms with Gasteiger partial charge in [0.05, 0.1) is 5.69 Å². The van der Waals surface area contributed by atoms with E-state index in [9.17, 15) is 8.42 Å². The minimum absolute atomic E-state index is 0.0702. The fourth-order valence-electron chi connectivity index (χ4n) is 1.57. The first-order valence-corrected chi connectivity index (χ1v) is 7.62. The van der Waals surface area contributed by atoms with Gasteiger partial charge in [-0.2, -0.15) is 0 Å². The third kappa shape index (κ3) is 3.37. The molecule has 0 saturated carbocycles. The summed E-state index contributed by atoms with van der Waals surface area (Å²) in [5.74, 6) is 0.296. The van der Waals surface area contributed by atoms with Crippen molar-refractivity contribution < 1.29 is 8.42 Å². The predicted octanol–water partition coefficient (Wildman–Crippen LogP) is 2.59. The van der Waals surface area contributed by atoms with E-state index in [0.29, 0.717) is 17.5 Å². The summed E-state index contributed by atoms with van der Waals surface area (Å²) in [7, 11) is -2.02. The minimum atomic E-state index is -3.57. The van der Waals surface area contributed by atoms with E-state index >= 15 is 0 Å². The van der Waals surface area contributed by atoms with E-state index in [4.69, 9.17) is 17.3 Å². The SMILES string of the molecule is CCC(C)CN(C)S(=O)(=O)c1cc(Cl)ccc1N. The molecular formula is C12H19ClN2O2S. The first kappa shape index (κ1) is 15.3. The number of rotatable bonds is 5. The number of nitrogens with two attached hydrogens (primary N) is 1. The number of nitrogen functional groups attached to an aromatic ring is 1. The second kappa shape index (κ2) is 5.91. The van der Waals surface area contributed by atoms with Gasteiger partial charge >= 0.3 is 0 Å². The van der Waals surface area contributed by atoms with Gasteiger partial charge in [-0.25, -0.2) is 12.7 Å². The highest BCUT2D eigenvalue weighted by Crippen LogP contribution is 2.25. The van der Waals surface area contributed by atoms with Crippen LogP contribution in [0.2, 0.25) is 5.02 Å². The number of benzene rings is 1. The van der Waals surface area contributed by atoms with Crippen molar-refractivity contribution in [1.82, 2.24) is 4.31 Å². The summed E-state index contributed by atoms with van der Waals surface area (Å²) in [6.07, 6.45) is 0.922. The monoisotopic (exact) mass is 290 g/mol. The smallest absolute Gasteiger partial charge is 0.244 e. The van der Waals surface area contributed by atoms with Gasteiger partial charge in [-0.15, -0.1) is 0 Å². The number of hydrogen-bond acceptors (Lipinski definition) is 3. The molecule has 1 atom stereocenters. The highest BCUT2D eigenvalue weighted by atomic mass is 35.5. The summed E-state index contributed by atoms with van der Waals surface area (Å²) >= 11 is 5.82. The molecule has 0 aliphatic rings. The van der Waals surface area contributed by atoms with Crippen LogP contribution in [0.15, 0.2) is 23.1 Å². The topological polar surface area (TPSA) is 63.4 Å². The average molecular weight is 291 g/mol. The molecule has 1 aromatic carbocycles. The molecule has 0 aliphatic heterocycles. The van der Waals surface area contributed by atoms with Gasteiger partial charge < -0.3 is 5.73 Å². The van der Waals surface area contributed by atoms with Crippen molar-refractivity contribution in [2.45, 2.75) is 25.2 Å². The largest absolute Gasteiger partial charge is 0.398 e. The van der Waals surface area contributed by atoms with Crippen LogP contribution in [0.3, 0.4) is 0 Å². The van der Waals surface area contributed by atoms with Gasteiger partial charge in [0.25, 0.3) is 0 Å². The van der Waals surface area contributed by atoms with E-state index in [-0.39, 0.29) is 10.6 Å². The van der Waals surface area contributed by atoms with Gasteiger partial charge in [-0.3, -0.25) is 0 Å². The summed E-state index contributed by atoms with van der Waals surface area (Å²) in [5, 5.41) is 0.361. The zero-order valence-electron chi connectivity index (χ0n) is 10.9. The van der Waals surface area contributed by atoms with Crippen LogP contribution in [0.1, 0.15) is 20.3 Å². The Labute approximate surface area is 114 Å². The maximum atomic E-state index is 12.3. The lowest BCUT2D eigenvalue weighted by Gasteiger charge is -2.21. The summed E-state index contributed by atoms with van der Waals surface area (Å²) in [6.45, 7) is 4.50. The van der Waals surface area contributed by atoms with Gasteiger partial charge in [0.15, 0.2) is 0 Å². The molecule has 0 aliphatic carbocycles. The van der Waals surface area contributed by atoms with E-state index in [1.54, 1.807) is 13.1 Å². The maximum absolute atomic E-state index is 12.3. The number of halogens is 1. The third-order valence-corrected chi connectivity index (χ3v) is 5.04. The highest BCUT2D eigenvalue weighted by molar-refractivity contribution is 7.89. The van der Waals surface area contributed by atoms with Crippen LogP contribution in [-0.2, 0) is 10.0 Å². The zero-order valence-corrected chi connectivity index (χ0v) is 12.4. The lowest BCUT2D eigenvalue weighted by atomic mass is 10.1. The summed E-state index contributed by atoms with van der Waals surface area (Å²) in [5.41, 5.74) is 5.93. The molecule has 0 heterocycles. The highest BCUT2D eigenvalue weighted by Gasteiger charge is 2.24. The molecule has 0 aromatic heterocycles. The second-order valence-electron chi connectivity index (χ2n) is 4.48. The molecule has 1 aromatic rings. The number of hydrogen-bond donors (Lipinski definition) is 1. The number of nitrogens with zero attached hydrogens (tertiary/aromatic N) is 1. The molecular weight excluding hydrogens is 272 g/mol. The standard InChI is InChI=1S/C12H19ClN2O2S/c1-4-9(2)8-15(3)18(16,17)12-7-10(13)5-6-11(12)14/h5-7,9H,4,8,14H2,1-3H3. The molecule has 0 bridgehead atoms. The molecule has 0 amide bonds. The Balaban J connectivity index is 3.09. The third-order valence-electron chi connectivity index (χ3n) is 2.93. The normalized spacial score (nSPS) is 13.8. The van der Waals surface area contributed by atoms with E-state index in [1.165, 1.54) is 16.4 Å². The Kier molecular flexibility index (Phi) is 5.01. The molecule has 0 spiro atoms. The molecule has 4 nitrogen and oxygen atoms in total. The molecule has 1 rings (SSSR count). The Morgan fingerprint density at radius 2 is 2.06 bits per heavy atom. The van der Waals surface area contributed by atoms with Gasteiger partial charge in [0.1, 0.15) is 4.90 Å². The second-order valence-corrected chi connectivity index (χ2v) is 6.93. The van der Waals surface area contributed by atoms with Gasteiger partial charge in [0.2, 0.25) is 10.0 Å². The lowest BCUT2D eigenvalue weighted by molar-refractivity contribution is 0.394. The van der Waals surface area contributed by atoms with E-state index in [1.807, 2.05) is 13.8 Å². The lowest BCUT2D eigenvalue weighted by Crippen LogP contribution is -2.31. The van der Waals surface area contributed by atoms with E-state index in [2.05, 4.69) is 0 Å². The van der Waals surface area contributed by atoms with Crippen molar-refractivity contribution in [2.24, 2.45) is 5.92 Å². The van der Waals surface area contributed by atoms with Crippen molar-refractivity contribution in [3.8, 4) is 0 Å². The maximum Gasteiger partial charge on any atom is 0.244 e. The molecule has 0 saturated heterocycles. The molecule has 1 unspecified atom stereocenters. The average Bonchev–Trinajstić information content (AvgIpc) is 2.31. The van der Waals surface area contributed by atoms with Crippen LogP contribution in [0, 0.1) is 5.92 Å². The quantitative estimate of drug-likeness (QED) is 0.848. The van der Waals surface area contributed by atoms with Crippen LogP contribution in [-0.4, -0.2) is 26.3 Å². The van der Waals surface area contributed by atoms with Crippen molar-refractivity contribution in [2.75, 3.05) is 19.3 Å². The van der Waals surface area contributed by atoms with Crippen LogP contribution >= 0.6 is 11.6 Å². The molecule has 18 heavy (non-hydrogen) atoms. The van der Waals surface area contributed by atoms with Gasteiger partial charge in [0, 0.05) is 18.6 Å². The summed E-state index contributed by atoms with van der Waals surface area (Å²) < 4.78 is 26.0. The molecule has 2 N–H and O–H groups in total. The van der Waals surface area contributed by atoms with Crippen molar-refractivity contribution >= 4 is 27.3 Å². The van der Waals surface area contributed by atoms with Crippen LogP contribution in [0.5, 0.6) is 0 Å². The molecule has 0 radical (unpaired) electrons. The van der Waals surface area contributed by atoms with Crippen LogP contribution < -0.4 is 5.73 Å². The van der Waals surface area contributed by atoms with Crippen LogP contribution in [0.4, 0.5) is 5.69 Å². The molecule has 0 fully saturated rings. The van der Waals surface area contributed by atoms with E-state index < -0.39 is 10.0 Å². The van der Waals surface area contributed by atoms with Crippen molar-refractivity contribution in [3.05, 3.63) is 23.2 Å². The van der Waals surface area contributed by atoms with Crippen molar-refractivity contribution in [3.63, 3.8) is 0 Å². The molecule has 102 valence electrons. The summed E-state index contributed by atoms with van der Waals surface area (Å²) in [4.78, 5) is 0.0702.